The number of aryl methyl sites for hydroxylation is 1. The highest BCUT2D eigenvalue weighted by molar-refractivity contribution is 5.93. The number of benzene rings is 4. The molecular formula is C28H26N2O3. The first-order chi connectivity index (χ1) is 16.0. The van der Waals surface area contributed by atoms with Crippen LogP contribution in [0.2, 0.25) is 0 Å². The van der Waals surface area contributed by atoms with E-state index in [0.717, 1.165) is 27.5 Å². The predicted octanol–water partition coefficient (Wildman–Crippen LogP) is 4.20. The Kier molecular flexibility index (Phi) is 6.81. The Morgan fingerprint density at radius 2 is 1.33 bits per heavy atom. The highest BCUT2D eigenvalue weighted by Crippen LogP contribution is 2.28. The van der Waals surface area contributed by atoms with Crippen LogP contribution in [0.25, 0.3) is 10.8 Å². The fourth-order valence-corrected chi connectivity index (χ4v) is 4.14. The number of aliphatic hydroxyl groups is 1. The molecule has 33 heavy (non-hydrogen) atoms. The highest BCUT2D eigenvalue weighted by atomic mass is 16.3. The minimum Gasteiger partial charge on any atom is -0.378 e. The molecule has 166 valence electrons. The topological polar surface area (TPSA) is 92.4 Å². The molecule has 0 aromatic heterocycles. The van der Waals surface area contributed by atoms with Crippen LogP contribution in [0.4, 0.5) is 0 Å². The van der Waals surface area contributed by atoms with E-state index in [2.05, 4.69) is 5.32 Å². The van der Waals surface area contributed by atoms with E-state index >= 15 is 0 Å². The molecule has 0 aliphatic carbocycles. The molecule has 1 atom stereocenters. The van der Waals surface area contributed by atoms with Crippen molar-refractivity contribution in [3.05, 3.63) is 119 Å². The van der Waals surface area contributed by atoms with Gasteiger partial charge in [-0.25, -0.2) is 0 Å². The number of amides is 2. The number of hydrogen-bond acceptors (Lipinski definition) is 3. The van der Waals surface area contributed by atoms with Gasteiger partial charge in [-0.15, -0.1) is 0 Å². The molecule has 0 saturated heterocycles. The fourth-order valence-electron chi connectivity index (χ4n) is 4.14. The Hall–Kier alpha value is -3.96. The Balaban J connectivity index is 1.54. The maximum absolute atomic E-state index is 13.0. The third-order valence-electron chi connectivity index (χ3n) is 5.80. The normalized spacial score (nSPS) is 11.9. The molecule has 4 N–H and O–H groups in total. The van der Waals surface area contributed by atoms with Crippen molar-refractivity contribution in [1.29, 1.82) is 0 Å². The molecule has 0 fully saturated rings. The van der Waals surface area contributed by atoms with Crippen molar-refractivity contribution in [3.63, 3.8) is 0 Å². The Labute approximate surface area is 192 Å². The molecule has 4 rings (SSSR count). The molecule has 0 radical (unpaired) electrons. The molecule has 0 aliphatic heterocycles. The fraction of sp³-hybridized carbons (Fsp3) is 0.143. The maximum atomic E-state index is 13.0. The molecule has 0 bridgehead atoms. The Morgan fingerprint density at radius 3 is 1.94 bits per heavy atom. The average Bonchev–Trinajstić information content (AvgIpc) is 2.86. The second-order valence-corrected chi connectivity index (χ2v) is 7.99. The predicted molar refractivity (Wildman–Crippen MR) is 129 cm³/mol. The zero-order valence-electron chi connectivity index (χ0n) is 18.1. The smallest absolute Gasteiger partial charge is 0.250 e. The van der Waals surface area contributed by atoms with Gasteiger partial charge in [-0.2, -0.15) is 0 Å². The Bertz CT molecular complexity index is 1220. The van der Waals surface area contributed by atoms with Crippen LogP contribution in [-0.4, -0.2) is 16.9 Å². The van der Waals surface area contributed by atoms with Gasteiger partial charge in [0, 0.05) is 6.42 Å². The first kappa shape index (κ1) is 22.2. The number of primary amides is 1. The van der Waals surface area contributed by atoms with Crippen LogP contribution >= 0.6 is 0 Å². The lowest BCUT2D eigenvalue weighted by Crippen LogP contribution is -2.29. The number of carbonyl (C=O) groups is 2. The van der Waals surface area contributed by atoms with Gasteiger partial charge in [0.15, 0.2) is 6.10 Å². The Morgan fingerprint density at radius 1 is 0.758 bits per heavy atom. The molecule has 4 aromatic rings. The highest BCUT2D eigenvalue weighted by Gasteiger charge is 2.19. The van der Waals surface area contributed by atoms with Gasteiger partial charge >= 0.3 is 0 Å². The molecular weight excluding hydrogens is 412 g/mol. The van der Waals surface area contributed by atoms with Crippen molar-refractivity contribution < 1.29 is 14.7 Å². The number of rotatable bonds is 8. The number of aliphatic hydroxyl groups excluding tert-OH is 1. The first-order valence-corrected chi connectivity index (χ1v) is 10.9. The van der Waals surface area contributed by atoms with Crippen LogP contribution < -0.4 is 11.1 Å². The SMILES string of the molecule is NC(=O)C(O)c1cccc2c(CCC(=O)NC(c3ccccc3)c3ccccc3)cccc12. The monoisotopic (exact) mass is 438 g/mol. The summed E-state index contributed by atoms with van der Waals surface area (Å²) in [6, 6.07) is 30.6. The van der Waals surface area contributed by atoms with Crippen LogP contribution in [0.15, 0.2) is 97.1 Å². The van der Waals surface area contributed by atoms with Gasteiger partial charge in [-0.1, -0.05) is 97.1 Å². The molecule has 0 aliphatic rings. The van der Waals surface area contributed by atoms with Gasteiger partial charge in [-0.3, -0.25) is 9.59 Å². The van der Waals surface area contributed by atoms with E-state index in [-0.39, 0.29) is 11.9 Å². The van der Waals surface area contributed by atoms with Gasteiger partial charge in [0.05, 0.1) is 6.04 Å². The van der Waals surface area contributed by atoms with Crippen LogP contribution in [0.5, 0.6) is 0 Å². The van der Waals surface area contributed by atoms with Crippen molar-refractivity contribution in [2.24, 2.45) is 5.73 Å². The van der Waals surface area contributed by atoms with Gasteiger partial charge in [0.2, 0.25) is 5.91 Å². The number of nitrogens with one attached hydrogen (secondary N) is 1. The lowest BCUT2D eigenvalue weighted by atomic mass is 9.94. The van der Waals surface area contributed by atoms with Crippen molar-refractivity contribution >= 4 is 22.6 Å². The summed E-state index contributed by atoms with van der Waals surface area (Å²) in [4.78, 5) is 24.5. The molecule has 0 spiro atoms. The van der Waals surface area contributed by atoms with Gasteiger partial charge in [0.1, 0.15) is 0 Å². The quantitative estimate of drug-likeness (QED) is 0.385. The molecule has 5 nitrogen and oxygen atoms in total. The summed E-state index contributed by atoms with van der Waals surface area (Å²) in [6.45, 7) is 0. The summed E-state index contributed by atoms with van der Waals surface area (Å²) in [6.07, 6.45) is -0.544. The van der Waals surface area contributed by atoms with E-state index < -0.39 is 12.0 Å². The zero-order valence-corrected chi connectivity index (χ0v) is 18.1. The van der Waals surface area contributed by atoms with Crippen molar-refractivity contribution in [1.82, 2.24) is 5.32 Å². The van der Waals surface area contributed by atoms with E-state index in [1.807, 2.05) is 84.9 Å². The largest absolute Gasteiger partial charge is 0.378 e. The average molecular weight is 439 g/mol. The van der Waals surface area contributed by atoms with E-state index in [1.54, 1.807) is 12.1 Å². The zero-order chi connectivity index (χ0) is 23.2. The minimum atomic E-state index is -1.37. The molecule has 0 saturated carbocycles. The lowest BCUT2D eigenvalue weighted by Gasteiger charge is -2.20. The standard InChI is InChI=1S/C28H26N2O3/c29-28(33)27(32)24-16-8-14-22-19(13-7-15-23(22)24)17-18-25(31)30-26(20-9-3-1-4-10-20)21-11-5-2-6-12-21/h1-16,26-27,32H,17-18H2,(H2,29,33)(H,30,31). The van der Waals surface area contributed by atoms with Crippen molar-refractivity contribution in [2.45, 2.75) is 25.0 Å². The minimum absolute atomic E-state index is 0.0574. The molecule has 2 amide bonds. The summed E-state index contributed by atoms with van der Waals surface area (Å²) in [7, 11) is 0. The molecule has 5 heteroatoms. The number of hydrogen-bond donors (Lipinski definition) is 3. The lowest BCUT2D eigenvalue weighted by molar-refractivity contribution is -0.126. The summed E-state index contributed by atoms with van der Waals surface area (Å²) >= 11 is 0. The molecule has 1 unspecified atom stereocenters. The van der Waals surface area contributed by atoms with Gasteiger partial charge in [0.25, 0.3) is 5.91 Å². The van der Waals surface area contributed by atoms with Gasteiger partial charge in [-0.05, 0) is 39.4 Å². The number of fused-ring (bicyclic) bond motifs is 1. The van der Waals surface area contributed by atoms with Crippen LogP contribution in [0, 0.1) is 0 Å². The van der Waals surface area contributed by atoms with Crippen LogP contribution in [0.1, 0.15) is 40.8 Å². The molecule has 4 aromatic carbocycles. The van der Waals surface area contributed by atoms with Crippen LogP contribution in [0.3, 0.4) is 0 Å². The van der Waals surface area contributed by atoms with Crippen LogP contribution in [-0.2, 0) is 16.0 Å². The van der Waals surface area contributed by atoms with E-state index in [9.17, 15) is 14.7 Å². The maximum Gasteiger partial charge on any atom is 0.250 e. The molecule has 0 heterocycles. The summed E-state index contributed by atoms with van der Waals surface area (Å²) in [5.74, 6) is -0.849. The van der Waals surface area contributed by atoms with E-state index in [0.29, 0.717) is 18.4 Å². The van der Waals surface area contributed by atoms with E-state index in [1.165, 1.54) is 0 Å². The van der Waals surface area contributed by atoms with Gasteiger partial charge < -0.3 is 16.2 Å². The first-order valence-electron chi connectivity index (χ1n) is 10.9. The second-order valence-electron chi connectivity index (χ2n) is 7.99. The number of nitrogens with two attached hydrogens (primary N) is 1. The number of carbonyl (C=O) groups excluding carboxylic acids is 2. The summed E-state index contributed by atoms with van der Waals surface area (Å²) in [5, 5.41) is 15.0. The van der Waals surface area contributed by atoms with Crippen molar-refractivity contribution in [2.75, 3.05) is 0 Å². The van der Waals surface area contributed by atoms with E-state index in [4.69, 9.17) is 5.73 Å². The summed E-state index contributed by atoms with van der Waals surface area (Å²) in [5.41, 5.74) is 8.78. The summed E-state index contributed by atoms with van der Waals surface area (Å²) < 4.78 is 0. The third kappa shape index (κ3) is 5.10. The van der Waals surface area contributed by atoms with Crippen molar-refractivity contribution in [3.8, 4) is 0 Å². The third-order valence-corrected chi connectivity index (χ3v) is 5.80. The second kappa shape index (κ2) is 10.1.